The van der Waals surface area contributed by atoms with Crippen LogP contribution in [0.3, 0.4) is 0 Å². The Hall–Kier alpha value is 1.56. The Morgan fingerprint density at radius 3 is 1.00 bits per heavy atom. The van der Waals surface area contributed by atoms with Gasteiger partial charge in [-0.3, -0.25) is 8.42 Å². The zero-order chi connectivity index (χ0) is 4.50. The molecule has 0 bridgehead atoms. The molecule has 0 aliphatic rings. The molecule has 0 aliphatic heterocycles. The van der Waals surface area contributed by atoms with Gasteiger partial charge >= 0.3 is 52.6 Å². The summed E-state index contributed by atoms with van der Waals surface area (Å²) in [6.07, 6.45) is 0. The van der Waals surface area contributed by atoms with Gasteiger partial charge in [0.25, 0.3) is 0 Å². The van der Waals surface area contributed by atoms with Crippen LogP contribution in [0.5, 0.6) is 0 Å². The summed E-state index contributed by atoms with van der Waals surface area (Å²) in [6.45, 7) is 0. The molecule has 0 saturated carbocycles. The molecule has 0 radical (unpaired) electrons. The van der Waals surface area contributed by atoms with Crippen molar-refractivity contribution in [2.75, 3.05) is 0 Å². The van der Waals surface area contributed by atoms with E-state index in [2.05, 4.69) is 0 Å². The summed E-state index contributed by atoms with van der Waals surface area (Å²) in [7, 11) is -5.17. The number of rotatable bonds is 0. The molecule has 0 atom stereocenters. The largest absolute Gasteiger partial charge is 2.00 e. The summed E-state index contributed by atoms with van der Waals surface area (Å²) < 4.78 is 34.1. The second-order valence-corrected chi connectivity index (χ2v) is 1.22. The number of hydrogen-bond donors (Lipinski definition) is 0. The van der Waals surface area contributed by atoms with Gasteiger partial charge in [0.05, 0.1) is 0 Å². The van der Waals surface area contributed by atoms with Crippen molar-refractivity contribution in [1.29, 1.82) is 0 Å². The molecular weight excluding hydrogens is 175 g/mol. The molecule has 4 N–H and O–H groups in total. The molecule has 0 aromatic heterocycles. The van der Waals surface area contributed by atoms with E-state index in [9.17, 15) is 0 Å². The van der Waals surface area contributed by atoms with Crippen molar-refractivity contribution >= 4 is 33.5 Å². The molecule has 0 rings (SSSR count). The van der Waals surface area contributed by atoms with Crippen molar-refractivity contribution in [2.45, 2.75) is 0 Å². The molecule has 0 spiro atoms. The van der Waals surface area contributed by atoms with Crippen molar-refractivity contribution in [2.24, 2.45) is 0 Å². The van der Waals surface area contributed by atoms with Gasteiger partial charge in [-0.15, -0.1) is 0 Å². The molecule has 0 aromatic rings. The Morgan fingerprint density at radius 2 is 1.00 bits per heavy atom. The molecule has 9 heavy (non-hydrogen) atoms. The molecule has 6 nitrogen and oxygen atoms in total. The minimum Gasteiger partial charge on any atom is -0.759 e. The third-order valence-electron chi connectivity index (χ3n) is 0. The maximum Gasteiger partial charge on any atom is 2.00 e. The summed E-state index contributed by atoms with van der Waals surface area (Å²) in [5, 5.41) is 0. The van der Waals surface area contributed by atoms with Gasteiger partial charge in [0, 0.05) is 10.4 Å². The predicted octanol–water partition coefficient (Wildman–Crippen LogP) is -6.36. The normalized spacial score (nSPS) is 6.44. The van der Waals surface area contributed by atoms with Gasteiger partial charge in [0.15, 0.2) is 0 Å². The van der Waals surface area contributed by atoms with Crippen LogP contribution >= 0.6 is 0 Å². The van der Waals surface area contributed by atoms with Gasteiger partial charge in [-0.2, -0.15) is 0 Å². The third kappa shape index (κ3) is 225. The minimum absolute atomic E-state index is 0. The van der Waals surface area contributed by atoms with E-state index in [0.29, 0.717) is 0 Å². The van der Waals surface area contributed by atoms with Crippen molar-refractivity contribution in [3.05, 3.63) is 0 Å². The smallest absolute Gasteiger partial charge is 0.759 e. The first-order chi connectivity index (χ1) is 2.00. The average Bonchev–Trinajstić information content (AvgIpc) is 0.722. The van der Waals surface area contributed by atoms with Crippen molar-refractivity contribution in [3.63, 3.8) is 0 Å². The summed E-state index contributed by atoms with van der Waals surface area (Å²) >= 11 is 0. The Morgan fingerprint density at radius 1 is 1.00 bits per heavy atom. The van der Waals surface area contributed by atoms with Crippen LogP contribution < -0.4 is 29.6 Å². The fourth-order valence-corrected chi connectivity index (χ4v) is 0. The maximum atomic E-state index is 8.52. The van der Waals surface area contributed by atoms with E-state index in [1.165, 1.54) is 0 Å². The topological polar surface area (TPSA) is 143 Å². The molecule has 0 fully saturated rings. The predicted molar refractivity (Wildman–Crippen MR) is 23.5 cm³/mol. The van der Waals surface area contributed by atoms with E-state index in [1.54, 1.807) is 0 Å². The van der Waals surface area contributed by atoms with E-state index in [0.717, 1.165) is 0 Å². The molecule has 0 aromatic carbocycles. The maximum absolute atomic E-state index is 8.52. The van der Waals surface area contributed by atoms with Gasteiger partial charge < -0.3 is 20.1 Å². The van der Waals surface area contributed by atoms with E-state index in [1.807, 2.05) is 0 Å². The summed E-state index contributed by atoms with van der Waals surface area (Å²) in [5.74, 6) is 0. The van der Waals surface area contributed by atoms with Gasteiger partial charge in [-0.1, -0.05) is 0 Å². The average molecular weight is 179 g/mol. The van der Waals surface area contributed by atoms with Crippen molar-refractivity contribution in [1.82, 2.24) is 0 Å². The molecule has 0 aliphatic carbocycles. The second kappa shape index (κ2) is 12.3. The summed E-state index contributed by atoms with van der Waals surface area (Å²) in [4.78, 5) is 0. The molecule has 0 amide bonds. The van der Waals surface area contributed by atoms with Gasteiger partial charge in [0.2, 0.25) is 0 Å². The van der Waals surface area contributed by atoms with Crippen LogP contribution in [-0.2, 0) is 10.4 Å². The first-order valence-electron chi connectivity index (χ1n) is 0.667. The zero-order valence-electron chi connectivity index (χ0n) is 4.75. The Balaban J connectivity index is -0.0000000133. The van der Waals surface area contributed by atoms with E-state index in [-0.39, 0.29) is 63.6 Å². The van der Waals surface area contributed by atoms with Crippen LogP contribution in [0.15, 0.2) is 0 Å². The van der Waals surface area contributed by atoms with Crippen LogP contribution in [-0.4, -0.2) is 51.5 Å². The first kappa shape index (κ1) is 31.2. The fraction of sp³-hybridized carbons (Fsp3) is 0. The fourth-order valence-electron chi connectivity index (χ4n) is 0. The summed E-state index contributed by atoms with van der Waals surface area (Å²) in [5.41, 5.74) is 0. The Bertz CT molecular complexity index is 96.2. The molecule has 0 saturated heterocycles. The monoisotopic (exact) mass is 179 g/mol. The van der Waals surface area contributed by atoms with E-state index < -0.39 is 10.4 Å². The molecule has 0 unspecified atom stereocenters. The summed E-state index contributed by atoms with van der Waals surface area (Å²) in [6, 6.07) is 0. The van der Waals surface area contributed by atoms with Gasteiger partial charge in [-0.05, 0) is 0 Å². The van der Waals surface area contributed by atoms with Crippen LogP contribution in [0.4, 0.5) is 0 Å². The van der Waals surface area contributed by atoms with E-state index >= 15 is 0 Å². The minimum atomic E-state index is -5.17. The van der Waals surface area contributed by atoms with Crippen LogP contribution in [0.25, 0.3) is 0 Å². The van der Waals surface area contributed by atoms with Crippen molar-refractivity contribution in [3.8, 4) is 0 Å². The first-order valence-corrected chi connectivity index (χ1v) is 2.00. The van der Waals surface area contributed by atoms with Crippen molar-refractivity contribution < 1.29 is 58.0 Å². The molecule has 9 heteroatoms. The standard InChI is InChI=1S/Mg.Na.H2O4S.2H2O/c;;1-5(2,3)4;;/h;;(H2,1,2,3,4);2*1H2/q+2;+1;;;/p-2. The van der Waals surface area contributed by atoms with Gasteiger partial charge in [0.1, 0.15) is 0 Å². The SMILES string of the molecule is O.O.O=S(=O)([O-])[O-].[Mg+2].[Na+]. The number of hydrogen-bond acceptors (Lipinski definition) is 4. The zero-order valence-corrected chi connectivity index (χ0v) is 8.98. The second-order valence-electron chi connectivity index (χ2n) is 0.408. The molecule has 48 valence electrons. The van der Waals surface area contributed by atoms with E-state index in [4.69, 9.17) is 17.5 Å². The Labute approximate surface area is 90.7 Å². The quantitative estimate of drug-likeness (QED) is 0.207. The molecular formula is H4MgNaO6S+. The van der Waals surface area contributed by atoms with Crippen LogP contribution in [0.2, 0.25) is 0 Å². The van der Waals surface area contributed by atoms with Crippen LogP contribution in [0, 0.1) is 0 Å². The Kier molecular flexibility index (Phi) is 42.5. The molecule has 0 heterocycles. The van der Waals surface area contributed by atoms with Gasteiger partial charge in [-0.25, -0.2) is 0 Å². The third-order valence-corrected chi connectivity index (χ3v) is 0. The van der Waals surface area contributed by atoms with Crippen LogP contribution in [0.1, 0.15) is 0 Å².